The van der Waals surface area contributed by atoms with Crippen LogP contribution in [0, 0.1) is 5.92 Å². The van der Waals surface area contributed by atoms with Crippen molar-refractivity contribution in [3.63, 3.8) is 0 Å². The van der Waals surface area contributed by atoms with Crippen LogP contribution in [-0.2, 0) is 9.53 Å². The lowest BCUT2D eigenvalue weighted by molar-refractivity contribution is -0.150. The third-order valence-electron chi connectivity index (χ3n) is 2.38. The molecule has 0 fully saturated rings. The van der Waals surface area contributed by atoms with Crippen LogP contribution in [0.5, 0.6) is 0 Å². The molecule has 17 heavy (non-hydrogen) atoms. The quantitative estimate of drug-likeness (QED) is 0.710. The van der Waals surface area contributed by atoms with Crippen molar-refractivity contribution in [2.24, 2.45) is 5.92 Å². The van der Waals surface area contributed by atoms with Gasteiger partial charge < -0.3 is 4.74 Å². The van der Waals surface area contributed by atoms with E-state index in [1.54, 1.807) is 13.8 Å². The van der Waals surface area contributed by atoms with Gasteiger partial charge >= 0.3 is 12.1 Å². The summed E-state index contributed by atoms with van der Waals surface area (Å²) in [6.45, 7) is 4.28. The van der Waals surface area contributed by atoms with Crippen LogP contribution in [0.15, 0.2) is 0 Å². The summed E-state index contributed by atoms with van der Waals surface area (Å²) in [6, 6.07) is -0.892. The van der Waals surface area contributed by atoms with Crippen LogP contribution in [0.3, 0.4) is 0 Å². The van der Waals surface area contributed by atoms with Crippen LogP contribution in [0.2, 0.25) is 0 Å². The lowest BCUT2D eigenvalue weighted by atomic mass is 9.97. The molecule has 0 rings (SSSR count). The summed E-state index contributed by atoms with van der Waals surface area (Å²) in [7, 11) is 0. The molecule has 0 aliphatic carbocycles. The summed E-state index contributed by atoms with van der Waals surface area (Å²) in [5.74, 6) is -0.793. The summed E-state index contributed by atoms with van der Waals surface area (Å²) in [5, 5.41) is 2.23. The summed E-state index contributed by atoms with van der Waals surface area (Å²) in [5.41, 5.74) is 0. The number of rotatable bonds is 7. The van der Waals surface area contributed by atoms with Crippen molar-refractivity contribution >= 4 is 5.97 Å². The van der Waals surface area contributed by atoms with E-state index < -0.39 is 24.7 Å². The van der Waals surface area contributed by atoms with E-state index in [9.17, 15) is 18.0 Å². The van der Waals surface area contributed by atoms with Crippen molar-refractivity contribution in [2.45, 2.75) is 45.8 Å². The number of nitrogens with one attached hydrogen (secondary N) is 1. The molecule has 0 amide bonds. The Morgan fingerprint density at radius 2 is 1.94 bits per heavy atom. The van der Waals surface area contributed by atoms with Crippen molar-refractivity contribution < 1.29 is 22.7 Å². The maximum absolute atomic E-state index is 12.1. The fourth-order valence-electron chi connectivity index (χ4n) is 1.60. The van der Waals surface area contributed by atoms with E-state index in [4.69, 9.17) is 4.74 Å². The maximum atomic E-state index is 12.1. The van der Waals surface area contributed by atoms with Gasteiger partial charge in [0.2, 0.25) is 0 Å². The van der Waals surface area contributed by atoms with Gasteiger partial charge in [-0.1, -0.05) is 20.3 Å². The zero-order valence-electron chi connectivity index (χ0n) is 10.4. The van der Waals surface area contributed by atoms with E-state index in [1.807, 2.05) is 6.92 Å². The second-order valence-corrected chi connectivity index (χ2v) is 3.99. The lowest BCUT2D eigenvalue weighted by Gasteiger charge is -2.23. The first kappa shape index (κ1) is 16.2. The molecule has 0 aliphatic rings. The monoisotopic (exact) mass is 255 g/mol. The van der Waals surface area contributed by atoms with E-state index in [1.165, 1.54) is 0 Å². The fourth-order valence-corrected chi connectivity index (χ4v) is 1.60. The Hall–Kier alpha value is -0.780. The van der Waals surface area contributed by atoms with Crippen LogP contribution in [-0.4, -0.2) is 31.3 Å². The second kappa shape index (κ2) is 7.53. The summed E-state index contributed by atoms with van der Waals surface area (Å²) in [6.07, 6.45) is -2.84. The smallest absolute Gasteiger partial charge is 0.401 e. The minimum Gasteiger partial charge on any atom is -0.465 e. The number of esters is 1. The molecular weight excluding hydrogens is 235 g/mol. The third-order valence-corrected chi connectivity index (χ3v) is 2.38. The summed E-state index contributed by atoms with van der Waals surface area (Å²) in [4.78, 5) is 11.5. The first-order chi connectivity index (χ1) is 7.81. The summed E-state index contributed by atoms with van der Waals surface area (Å²) < 4.78 is 41.1. The van der Waals surface area contributed by atoms with Crippen molar-refractivity contribution in [2.75, 3.05) is 13.2 Å². The van der Waals surface area contributed by atoms with Crippen LogP contribution in [0.25, 0.3) is 0 Å². The molecule has 0 heterocycles. The largest absolute Gasteiger partial charge is 0.465 e. The Morgan fingerprint density at radius 3 is 2.35 bits per heavy atom. The molecule has 1 N–H and O–H groups in total. The highest BCUT2D eigenvalue weighted by molar-refractivity contribution is 5.76. The number of carbonyl (C=O) groups is 1. The Morgan fingerprint density at radius 1 is 1.35 bits per heavy atom. The van der Waals surface area contributed by atoms with Gasteiger partial charge in [0, 0.05) is 0 Å². The zero-order valence-corrected chi connectivity index (χ0v) is 10.4. The molecule has 0 saturated carbocycles. The van der Waals surface area contributed by atoms with E-state index >= 15 is 0 Å². The molecule has 102 valence electrons. The molecule has 0 aromatic carbocycles. The summed E-state index contributed by atoms with van der Waals surface area (Å²) >= 11 is 0. The highest BCUT2D eigenvalue weighted by Crippen LogP contribution is 2.16. The molecule has 0 saturated heterocycles. The van der Waals surface area contributed by atoms with E-state index in [2.05, 4.69) is 5.32 Å². The van der Waals surface area contributed by atoms with Crippen molar-refractivity contribution in [3.8, 4) is 0 Å². The van der Waals surface area contributed by atoms with Crippen molar-refractivity contribution in [3.05, 3.63) is 0 Å². The maximum Gasteiger partial charge on any atom is 0.401 e. The van der Waals surface area contributed by atoms with E-state index in [0.717, 1.165) is 6.42 Å². The van der Waals surface area contributed by atoms with E-state index in [0.29, 0.717) is 6.42 Å². The average Bonchev–Trinajstić information content (AvgIpc) is 2.16. The zero-order chi connectivity index (χ0) is 13.5. The molecule has 0 spiro atoms. The fraction of sp³-hybridized carbons (Fsp3) is 0.909. The number of alkyl halides is 3. The number of hydrogen-bond donors (Lipinski definition) is 1. The number of hydrogen-bond acceptors (Lipinski definition) is 3. The van der Waals surface area contributed by atoms with Gasteiger partial charge in [0.15, 0.2) is 0 Å². The topological polar surface area (TPSA) is 38.3 Å². The molecule has 0 aliphatic heterocycles. The van der Waals surface area contributed by atoms with Gasteiger partial charge in [-0.05, 0) is 19.3 Å². The molecule has 2 unspecified atom stereocenters. The van der Waals surface area contributed by atoms with Crippen LogP contribution < -0.4 is 5.32 Å². The second-order valence-electron chi connectivity index (χ2n) is 3.99. The average molecular weight is 255 g/mol. The molecule has 0 bridgehead atoms. The lowest BCUT2D eigenvalue weighted by Crippen LogP contribution is -2.46. The first-order valence-corrected chi connectivity index (χ1v) is 5.78. The molecule has 0 aromatic rings. The Labute approximate surface area is 99.7 Å². The van der Waals surface area contributed by atoms with Crippen LogP contribution >= 0.6 is 0 Å². The standard InChI is InChI=1S/C11H20F3NO2/c1-4-6-8(3)9(10(16)17-5-2)15-7-11(12,13)14/h8-9,15H,4-7H2,1-3H3. The van der Waals surface area contributed by atoms with Gasteiger partial charge in [-0.3, -0.25) is 10.1 Å². The van der Waals surface area contributed by atoms with Crippen LogP contribution in [0.4, 0.5) is 13.2 Å². The highest BCUT2D eigenvalue weighted by Gasteiger charge is 2.32. The van der Waals surface area contributed by atoms with Crippen LogP contribution in [0.1, 0.15) is 33.6 Å². The third kappa shape index (κ3) is 7.20. The molecule has 0 aromatic heterocycles. The minimum absolute atomic E-state index is 0.169. The van der Waals surface area contributed by atoms with Gasteiger partial charge in [0.25, 0.3) is 0 Å². The van der Waals surface area contributed by atoms with Gasteiger partial charge in [-0.15, -0.1) is 0 Å². The number of ether oxygens (including phenoxy) is 1. The Bertz CT molecular complexity index is 231. The molecular formula is C11H20F3NO2. The number of halogens is 3. The van der Waals surface area contributed by atoms with Gasteiger partial charge in [-0.25, -0.2) is 0 Å². The molecule has 6 heteroatoms. The Balaban J connectivity index is 4.44. The van der Waals surface area contributed by atoms with Crippen molar-refractivity contribution in [1.82, 2.24) is 5.32 Å². The van der Waals surface area contributed by atoms with Gasteiger partial charge in [0.05, 0.1) is 13.2 Å². The number of carbonyl (C=O) groups excluding carboxylic acids is 1. The normalized spacial score (nSPS) is 15.4. The molecule has 3 nitrogen and oxygen atoms in total. The van der Waals surface area contributed by atoms with Crippen molar-refractivity contribution in [1.29, 1.82) is 0 Å². The molecule has 2 atom stereocenters. The predicted octanol–water partition coefficient (Wildman–Crippen LogP) is 2.51. The van der Waals surface area contributed by atoms with Gasteiger partial charge in [0.1, 0.15) is 6.04 Å². The highest BCUT2D eigenvalue weighted by atomic mass is 19.4. The SMILES string of the molecule is CCCC(C)C(NCC(F)(F)F)C(=O)OCC. The van der Waals surface area contributed by atoms with E-state index in [-0.39, 0.29) is 12.5 Å². The Kier molecular flexibility index (Phi) is 7.18. The van der Waals surface area contributed by atoms with Gasteiger partial charge in [-0.2, -0.15) is 13.2 Å². The first-order valence-electron chi connectivity index (χ1n) is 5.78. The minimum atomic E-state index is -4.32. The predicted molar refractivity (Wildman–Crippen MR) is 58.6 cm³/mol. The molecule has 0 radical (unpaired) electrons.